The molecule has 0 unspecified atom stereocenters. The molecule has 338 valence electrons. The molecule has 0 saturated carbocycles. The Bertz CT molecular complexity index is 4050. The third-order valence-electron chi connectivity index (χ3n) is 13.9. The minimum Gasteiger partial charge on any atom is -0.309 e. The molecular weight excluding hydrogens is 870 g/mol. The number of alkyl halides is 3. The zero-order chi connectivity index (χ0) is 48.7. The van der Waals surface area contributed by atoms with E-state index < -0.39 is 11.7 Å². The maximum Gasteiger partial charge on any atom is 0.416 e. The zero-order valence-electron chi connectivity index (χ0n) is 39.5. The lowest BCUT2D eigenvalue weighted by Gasteiger charge is -2.20. The van der Waals surface area contributed by atoms with Crippen LogP contribution in [0.3, 0.4) is 0 Å². The molecule has 0 N–H and O–H groups in total. The van der Waals surface area contributed by atoms with Crippen molar-refractivity contribution in [2.24, 2.45) is 0 Å². The van der Waals surface area contributed by atoms with Crippen LogP contribution in [0.1, 0.15) is 50.1 Å². The Morgan fingerprint density at radius 3 is 1.34 bits per heavy atom. The van der Waals surface area contributed by atoms with Gasteiger partial charge in [0.25, 0.3) is 0 Å². The van der Waals surface area contributed by atoms with Crippen LogP contribution in [0, 0.1) is 64.2 Å². The second kappa shape index (κ2) is 16.5. The normalized spacial score (nSPS) is 11.8. The number of para-hydroxylation sites is 2. The summed E-state index contributed by atoms with van der Waals surface area (Å²) in [5.41, 5.74) is 19.1. The molecule has 0 amide bonds. The molecule has 9 aromatic carbocycles. The molecule has 70 heavy (non-hydrogen) atoms. The largest absolute Gasteiger partial charge is 0.416 e. The molecule has 2 heterocycles. The Labute approximate surface area is 404 Å². The van der Waals surface area contributed by atoms with Crippen molar-refractivity contribution >= 4 is 43.6 Å². The van der Waals surface area contributed by atoms with Gasteiger partial charge in [-0.3, -0.25) is 0 Å². The molecular formula is C63H45F3N4. The third-order valence-corrected chi connectivity index (χ3v) is 13.9. The van der Waals surface area contributed by atoms with Crippen molar-refractivity contribution < 1.29 is 13.2 Å². The van der Waals surface area contributed by atoms with E-state index in [1.165, 1.54) is 50.6 Å². The summed E-state index contributed by atoms with van der Waals surface area (Å²) in [4.78, 5) is 0. The first-order valence-electron chi connectivity index (χ1n) is 23.3. The van der Waals surface area contributed by atoms with Crippen molar-refractivity contribution in [3.05, 3.63) is 214 Å². The molecule has 11 aromatic rings. The lowest BCUT2D eigenvalue weighted by atomic mass is 9.92. The van der Waals surface area contributed by atoms with E-state index >= 15 is 0 Å². The first-order chi connectivity index (χ1) is 33.7. The topological polar surface area (TPSA) is 57.4 Å². The van der Waals surface area contributed by atoms with Crippen molar-refractivity contribution in [2.45, 2.75) is 47.7 Å². The quantitative estimate of drug-likeness (QED) is 0.167. The molecule has 0 atom stereocenters. The summed E-state index contributed by atoms with van der Waals surface area (Å²) in [5, 5.41) is 25.2. The number of fused-ring (bicyclic) bond motifs is 6. The SMILES string of the molecule is Cc1cc(C)c(-c2ccc3c(c2)c2ccccc2n3-c2ccc(C#N)cc2-c2cc(-c3ccc(C(F)(F)F)cc3C#N)ccc2-n2c3ccccc3c3cc(-c4c(C)cc(C)cc4C)ccc32)c(C)c1. The molecule has 11 rings (SSSR count). The number of nitrogens with zero attached hydrogens (tertiary/aromatic N) is 4. The van der Waals surface area contributed by atoms with Gasteiger partial charge in [0.05, 0.1) is 62.3 Å². The highest BCUT2D eigenvalue weighted by Crippen LogP contribution is 2.45. The molecule has 0 spiro atoms. The third kappa shape index (κ3) is 7.13. The number of hydrogen-bond acceptors (Lipinski definition) is 2. The number of hydrogen-bond donors (Lipinski definition) is 0. The number of aryl methyl sites for hydroxylation is 6. The van der Waals surface area contributed by atoms with Crippen LogP contribution < -0.4 is 0 Å². The molecule has 4 nitrogen and oxygen atoms in total. The lowest BCUT2D eigenvalue weighted by Crippen LogP contribution is -2.05. The van der Waals surface area contributed by atoms with Gasteiger partial charge in [-0.15, -0.1) is 0 Å². The molecule has 0 aliphatic heterocycles. The van der Waals surface area contributed by atoms with Gasteiger partial charge in [0.2, 0.25) is 0 Å². The van der Waals surface area contributed by atoms with Crippen LogP contribution in [0.4, 0.5) is 13.2 Å². The van der Waals surface area contributed by atoms with E-state index in [2.05, 4.69) is 154 Å². The Morgan fingerprint density at radius 2 is 0.857 bits per heavy atom. The fourth-order valence-corrected chi connectivity index (χ4v) is 11.2. The fraction of sp³-hybridized carbons (Fsp3) is 0.111. The standard InChI is InChI=1S/C63H45F3N4/c1-36-25-38(3)61(39(4)26-36)44-17-23-58-52(32-44)49-11-7-9-13-55(49)69(58)57-21-15-42(34-67)29-51(57)54-31-43(48-20-19-47(63(64,65)66)30-46(48)35-68)16-22-60(54)70-56-14-10-8-12-50(56)53-33-45(18-24-59(53)70)62-40(5)27-37(2)28-41(62)6/h7-33H,1-6H3. The van der Waals surface area contributed by atoms with Crippen molar-refractivity contribution in [3.63, 3.8) is 0 Å². The maximum absolute atomic E-state index is 14.1. The molecule has 0 aliphatic rings. The minimum atomic E-state index is -4.63. The Morgan fingerprint density at radius 1 is 0.400 bits per heavy atom. The number of benzene rings is 9. The molecule has 0 saturated heterocycles. The van der Waals surface area contributed by atoms with E-state index in [1.54, 1.807) is 0 Å². The molecule has 0 radical (unpaired) electrons. The van der Waals surface area contributed by atoms with Crippen molar-refractivity contribution in [3.8, 4) is 68.0 Å². The van der Waals surface area contributed by atoms with E-state index in [9.17, 15) is 23.7 Å². The zero-order valence-corrected chi connectivity index (χ0v) is 39.5. The monoisotopic (exact) mass is 914 g/mol. The lowest BCUT2D eigenvalue weighted by molar-refractivity contribution is -0.137. The molecule has 0 bridgehead atoms. The van der Waals surface area contributed by atoms with Crippen LogP contribution in [0.2, 0.25) is 0 Å². The number of nitriles is 2. The van der Waals surface area contributed by atoms with E-state index in [1.807, 2.05) is 54.6 Å². The number of aromatic nitrogens is 2. The number of halogens is 3. The Hall–Kier alpha value is -8.65. The van der Waals surface area contributed by atoms with Gasteiger partial charge in [-0.25, -0.2) is 0 Å². The average Bonchev–Trinajstić information content (AvgIpc) is 3.84. The van der Waals surface area contributed by atoms with Crippen LogP contribution >= 0.6 is 0 Å². The Kier molecular flexibility index (Phi) is 10.4. The summed E-state index contributed by atoms with van der Waals surface area (Å²) in [5.74, 6) is 0. The van der Waals surface area contributed by atoms with Crippen LogP contribution in [-0.4, -0.2) is 9.13 Å². The van der Waals surface area contributed by atoms with Crippen LogP contribution in [0.15, 0.2) is 164 Å². The summed E-state index contributed by atoms with van der Waals surface area (Å²) >= 11 is 0. The smallest absolute Gasteiger partial charge is 0.309 e. The Balaban J connectivity index is 1.22. The van der Waals surface area contributed by atoms with Gasteiger partial charge in [0, 0.05) is 32.7 Å². The van der Waals surface area contributed by atoms with Gasteiger partial charge in [0.15, 0.2) is 0 Å². The predicted octanol–water partition coefficient (Wildman–Crippen LogP) is 17.2. The molecule has 2 aromatic heterocycles. The first-order valence-corrected chi connectivity index (χ1v) is 23.3. The molecule has 0 fully saturated rings. The van der Waals surface area contributed by atoms with Crippen molar-refractivity contribution in [1.82, 2.24) is 9.13 Å². The van der Waals surface area contributed by atoms with Gasteiger partial charge >= 0.3 is 6.18 Å². The van der Waals surface area contributed by atoms with E-state index in [4.69, 9.17) is 0 Å². The van der Waals surface area contributed by atoms with Gasteiger partial charge in [-0.05, 0) is 176 Å². The second-order valence-electron chi connectivity index (χ2n) is 18.7. The van der Waals surface area contributed by atoms with Crippen LogP contribution in [0.5, 0.6) is 0 Å². The summed E-state index contributed by atoms with van der Waals surface area (Å²) in [6.45, 7) is 12.9. The predicted molar refractivity (Wildman–Crippen MR) is 280 cm³/mol. The molecule has 7 heteroatoms. The fourth-order valence-electron chi connectivity index (χ4n) is 11.2. The highest BCUT2D eigenvalue weighted by atomic mass is 19.4. The maximum atomic E-state index is 14.1. The summed E-state index contributed by atoms with van der Waals surface area (Å²) in [6, 6.07) is 58.0. The van der Waals surface area contributed by atoms with Gasteiger partial charge in [-0.2, -0.15) is 23.7 Å². The van der Waals surface area contributed by atoms with Crippen LogP contribution in [-0.2, 0) is 6.18 Å². The van der Waals surface area contributed by atoms with Gasteiger partial charge in [-0.1, -0.05) is 96.1 Å². The van der Waals surface area contributed by atoms with E-state index in [0.717, 1.165) is 89.4 Å². The summed E-state index contributed by atoms with van der Waals surface area (Å²) in [6.07, 6.45) is -4.63. The van der Waals surface area contributed by atoms with Crippen molar-refractivity contribution in [2.75, 3.05) is 0 Å². The second-order valence-corrected chi connectivity index (χ2v) is 18.7. The van der Waals surface area contributed by atoms with E-state index in [-0.39, 0.29) is 5.56 Å². The first kappa shape index (κ1) is 43.9. The average molecular weight is 915 g/mol. The van der Waals surface area contributed by atoms with E-state index in [0.29, 0.717) is 16.7 Å². The highest BCUT2D eigenvalue weighted by molar-refractivity contribution is 6.13. The van der Waals surface area contributed by atoms with Crippen LogP contribution in [0.25, 0.3) is 99.5 Å². The highest BCUT2D eigenvalue weighted by Gasteiger charge is 2.31. The summed E-state index contributed by atoms with van der Waals surface area (Å²) in [7, 11) is 0. The number of rotatable bonds is 6. The summed E-state index contributed by atoms with van der Waals surface area (Å²) < 4.78 is 46.7. The van der Waals surface area contributed by atoms with Gasteiger partial charge < -0.3 is 9.13 Å². The van der Waals surface area contributed by atoms with Gasteiger partial charge in [0.1, 0.15) is 0 Å². The van der Waals surface area contributed by atoms with Crippen molar-refractivity contribution in [1.29, 1.82) is 10.5 Å². The minimum absolute atomic E-state index is 0.0946. The molecule has 0 aliphatic carbocycles.